The maximum Gasteiger partial charge on any atom is 0.187 e. The van der Waals surface area contributed by atoms with E-state index >= 15 is 0 Å². The van der Waals surface area contributed by atoms with Crippen molar-refractivity contribution in [3.63, 3.8) is 0 Å². The molecule has 0 fully saturated rings. The van der Waals surface area contributed by atoms with Crippen LogP contribution in [0.3, 0.4) is 0 Å². The molecule has 4 aromatic heterocycles. The van der Waals surface area contributed by atoms with Crippen LogP contribution in [-0.2, 0) is 19.2 Å². The van der Waals surface area contributed by atoms with Crippen molar-refractivity contribution < 1.29 is 41.7 Å². The number of terminal acetylenes is 1. The highest BCUT2D eigenvalue weighted by Crippen LogP contribution is 2.48. The van der Waals surface area contributed by atoms with Crippen molar-refractivity contribution in [2.24, 2.45) is 41.6 Å². The average Bonchev–Trinajstić information content (AvgIpc) is 1.62. The maximum absolute atomic E-state index is 13.5. The van der Waals surface area contributed by atoms with Crippen molar-refractivity contribution in [1.82, 2.24) is 20.6 Å². The second-order valence-corrected chi connectivity index (χ2v) is 35.0. The van der Waals surface area contributed by atoms with E-state index in [2.05, 4.69) is 56.5 Å². The summed E-state index contributed by atoms with van der Waals surface area (Å²) in [4.78, 5) is 75.2. The molecule has 17 nitrogen and oxygen atoms in total. The predicted octanol–water partition coefficient (Wildman–Crippen LogP) is 23.8. The summed E-state index contributed by atoms with van der Waals surface area (Å²) in [5.41, 5.74) is 22.1. The second-order valence-electron chi connectivity index (χ2n) is 34.5. The van der Waals surface area contributed by atoms with Gasteiger partial charge in [0.1, 0.15) is 53.1 Å². The van der Waals surface area contributed by atoms with E-state index in [-0.39, 0.29) is 54.6 Å². The van der Waals surface area contributed by atoms with Crippen molar-refractivity contribution in [3.05, 3.63) is 312 Å². The van der Waals surface area contributed by atoms with Gasteiger partial charge in [0.25, 0.3) is 0 Å². The van der Waals surface area contributed by atoms with Crippen molar-refractivity contribution in [1.29, 1.82) is 0 Å². The van der Waals surface area contributed by atoms with Crippen LogP contribution in [0.2, 0.25) is 5.02 Å². The highest BCUT2D eigenvalue weighted by molar-refractivity contribution is 6.31. The Morgan fingerprint density at radius 2 is 0.655 bits per heavy atom. The first-order valence-corrected chi connectivity index (χ1v) is 40.1. The van der Waals surface area contributed by atoms with Gasteiger partial charge >= 0.3 is 0 Å². The minimum Gasteiger partial charge on any atom is -0.358 e. The smallest absolute Gasteiger partial charge is 0.187 e. The first-order chi connectivity index (χ1) is 56.5. The lowest BCUT2D eigenvalue weighted by Crippen LogP contribution is -2.22. The fourth-order valence-electron chi connectivity index (χ4n) is 14.8. The number of ketones is 4. The lowest BCUT2D eigenvalue weighted by Gasteiger charge is -2.19. The van der Waals surface area contributed by atoms with E-state index in [1.807, 2.05) is 244 Å². The average molecular weight is 1610 g/mol. The Balaban J connectivity index is 0.000000137. The minimum absolute atomic E-state index is 0.0932. The molecule has 12 aromatic rings. The first-order valence-electron chi connectivity index (χ1n) is 39.8. The molecule has 0 N–H and O–H groups in total. The first kappa shape index (κ1) is 84.2. The van der Waals surface area contributed by atoms with E-state index in [9.17, 15) is 23.6 Å². The molecule has 0 saturated heterocycles. The number of rotatable bonds is 12. The van der Waals surface area contributed by atoms with Crippen molar-refractivity contribution >= 4 is 63.3 Å². The Morgan fingerprint density at radius 1 is 0.378 bits per heavy atom. The molecule has 4 aliphatic rings. The SMILES string of the molecule is C#Cc1ccc(C2=N[C@@H](CC(=O)C(C)(C)C)c3onc(C)c3-c3ccccc32)cc1.Cc1cccc2c1C(c1ccc(Cl)cc1)=N[C@@H](CC(=O)C(C)(C)C)c1onc(C)c1-2.Cc1noc2c1-c1ccccc1C(c1ccc(F)cc1)=N[C@H]2CC(=O)C(C)(C)C.[C-]#[N+]c1ccc(C2=N[C@@H](CC(=O)C(C)(C)C)c3onc(C)c3-c3ccccc32)cc1. The Hall–Kier alpha value is -12.8. The van der Waals surface area contributed by atoms with Crippen molar-refractivity contribution in [3.8, 4) is 56.9 Å². The zero-order valence-electron chi connectivity index (χ0n) is 70.2. The summed E-state index contributed by atoms with van der Waals surface area (Å²) in [5.74, 6) is 5.35. The number of benzene rings is 8. The molecule has 119 heavy (non-hydrogen) atoms. The third-order valence-electron chi connectivity index (χ3n) is 21.7. The molecule has 0 radical (unpaired) electrons. The van der Waals surface area contributed by atoms with E-state index in [4.69, 9.17) is 62.7 Å². The van der Waals surface area contributed by atoms with E-state index in [0.29, 0.717) is 33.8 Å². The Bertz CT molecular complexity index is 5940. The van der Waals surface area contributed by atoms with E-state index in [1.165, 1.54) is 12.1 Å². The highest BCUT2D eigenvalue weighted by atomic mass is 35.5. The van der Waals surface area contributed by atoms with Crippen LogP contribution in [0, 0.1) is 81.0 Å². The topological polar surface area (TPSA) is 226 Å². The van der Waals surface area contributed by atoms with E-state index < -0.39 is 45.8 Å². The molecule has 0 bridgehead atoms. The summed E-state index contributed by atoms with van der Waals surface area (Å²) < 4.78 is 36.4. The van der Waals surface area contributed by atoms with Crippen LogP contribution in [0.15, 0.2) is 226 Å². The standard InChI is InChI=1S/C26H24N2O2.C25H25ClN2O2.C25H23N3O2.C24H23FN2O2/c1-6-17-11-13-18(14-12-17)24-20-10-8-7-9-19(20)23-16(2)28-30-25(23)21(27-24)15-22(29)26(3,4)5;1-14-7-6-8-18-21(14)23(16-9-11-17(26)12-10-16)27-19(13-20(29)25(3,4)5)24-22(18)15(2)28-30-24;1-15-22-18-8-6-7-9-19(18)23(16-10-12-17(26-5)13-11-16)27-20(24(22)30-28-15)14-21(29)25(2,3)4;1-14-21-17-7-5-6-8-18(17)22(15-9-11-16(25)12-10-15)26-19(23(21)29-27-14)13-20(28)24(2,3)4/h1,7-14,21H,15H2,2-5H3;6-12,19H,13H2,1-5H3;6-13,20H,14H2,1-4H3;5-12,19H,13H2,1-4H3/t21-;19-;20-;19-/m0000/s1. The molecule has 602 valence electrons. The number of halogens is 2. The van der Waals surface area contributed by atoms with Crippen LogP contribution in [0.1, 0.15) is 234 Å². The fourth-order valence-corrected chi connectivity index (χ4v) is 15.0. The van der Waals surface area contributed by atoms with Crippen molar-refractivity contribution in [2.75, 3.05) is 0 Å². The molecule has 0 unspecified atom stereocenters. The Labute approximate surface area is 699 Å². The number of hydrogen-bond donors (Lipinski definition) is 0. The highest BCUT2D eigenvalue weighted by Gasteiger charge is 2.40. The van der Waals surface area contributed by atoms with Gasteiger partial charge in [-0.2, -0.15) is 0 Å². The number of carbonyl (C=O) groups excluding carboxylic acids is 4. The summed E-state index contributed by atoms with van der Waals surface area (Å²) >= 11 is 6.13. The van der Waals surface area contributed by atoms with Crippen molar-refractivity contribution in [2.45, 2.75) is 168 Å². The minimum atomic E-state index is -0.495. The number of nitrogens with zero attached hydrogens (tertiary/aromatic N) is 9. The third kappa shape index (κ3) is 17.9. The molecule has 0 amide bonds. The van der Waals surface area contributed by atoms with Gasteiger partial charge in [0.2, 0.25) is 0 Å². The molecular formula is C100H95ClFN9O8. The molecule has 8 heterocycles. The van der Waals surface area contributed by atoms with Gasteiger partial charge in [0, 0.05) is 96.9 Å². The number of aryl methyl sites for hydroxylation is 5. The van der Waals surface area contributed by atoms with E-state index in [1.54, 1.807) is 24.3 Å². The molecule has 16 rings (SSSR count). The quantitative estimate of drug-likeness (QED) is 0.0822. The van der Waals surface area contributed by atoms with Gasteiger partial charge < -0.3 is 18.1 Å². The molecule has 0 saturated carbocycles. The summed E-state index contributed by atoms with van der Waals surface area (Å²) in [7, 11) is 0. The van der Waals surface area contributed by atoms with E-state index in [0.717, 1.165) is 146 Å². The summed E-state index contributed by atoms with van der Waals surface area (Å²) in [6, 6.07) is 57.5. The van der Waals surface area contributed by atoms with Gasteiger partial charge in [-0.3, -0.25) is 39.1 Å². The van der Waals surface area contributed by atoms with Gasteiger partial charge in [-0.1, -0.05) is 261 Å². The molecular weight excluding hydrogens is 1510 g/mol. The molecule has 8 aromatic carbocycles. The normalized spacial score (nSPS) is 15.6. The molecule has 19 heteroatoms. The van der Waals surface area contributed by atoms with Crippen LogP contribution < -0.4 is 0 Å². The summed E-state index contributed by atoms with van der Waals surface area (Å²) in [6.07, 6.45) is 6.49. The zero-order valence-corrected chi connectivity index (χ0v) is 70.9. The van der Waals surface area contributed by atoms with Gasteiger partial charge in [-0.05, 0) is 117 Å². The molecule has 4 atom stereocenters. The summed E-state index contributed by atoms with van der Waals surface area (Å²) in [5, 5.41) is 17.4. The van der Waals surface area contributed by atoms with Gasteiger partial charge in [-0.25, -0.2) is 9.24 Å². The van der Waals surface area contributed by atoms with Crippen LogP contribution in [0.4, 0.5) is 10.1 Å². The number of hydrogen-bond acceptors (Lipinski definition) is 16. The molecule has 0 spiro atoms. The predicted molar refractivity (Wildman–Crippen MR) is 466 cm³/mol. The lowest BCUT2D eigenvalue weighted by molar-refractivity contribution is -0.127. The van der Waals surface area contributed by atoms with Gasteiger partial charge in [0.15, 0.2) is 28.7 Å². The van der Waals surface area contributed by atoms with Crippen LogP contribution in [0.25, 0.3) is 49.4 Å². The third-order valence-corrected chi connectivity index (χ3v) is 22.0. The number of aliphatic imine (C=N–C) groups is 4. The zero-order chi connectivity index (χ0) is 85.3. The van der Waals surface area contributed by atoms with Crippen LogP contribution in [0.5, 0.6) is 0 Å². The number of Topliss-reactive ketones (excluding diaryl/α,β-unsaturated/α-hetero) is 4. The fraction of sp³-hybridized carbons (Fsp3) is 0.290. The second kappa shape index (κ2) is 34.1. The van der Waals surface area contributed by atoms with Gasteiger partial charge in [0.05, 0.1) is 74.4 Å². The lowest BCUT2D eigenvalue weighted by atomic mass is 9.86. The monoisotopic (exact) mass is 1600 g/mol. The largest absolute Gasteiger partial charge is 0.358 e. The van der Waals surface area contributed by atoms with Crippen LogP contribution >= 0.6 is 11.6 Å². The Kier molecular flexibility index (Phi) is 24.1. The number of fused-ring (bicyclic) bond motifs is 12. The maximum atomic E-state index is 13.5. The Morgan fingerprint density at radius 3 is 0.975 bits per heavy atom. The number of carbonyl (C=O) groups is 4. The van der Waals surface area contributed by atoms with Gasteiger partial charge in [-0.15, -0.1) is 6.42 Å². The molecule has 4 aliphatic heterocycles. The van der Waals surface area contributed by atoms with Crippen LogP contribution in [-0.4, -0.2) is 66.6 Å². The number of aromatic nitrogens is 4. The molecule has 0 aliphatic carbocycles. The summed E-state index contributed by atoms with van der Waals surface area (Å²) in [6.45, 7) is 40.0.